The molecule has 0 radical (unpaired) electrons. The number of pyridine rings is 1. The van der Waals surface area contributed by atoms with Crippen LogP contribution in [-0.2, 0) is 4.79 Å². The van der Waals surface area contributed by atoms with Crippen LogP contribution in [0.15, 0.2) is 24.2 Å². The molecule has 134 valence electrons. The Labute approximate surface area is 144 Å². The van der Waals surface area contributed by atoms with E-state index < -0.39 is 29.3 Å². The second kappa shape index (κ2) is 6.58. The Balaban J connectivity index is 1.92. The van der Waals surface area contributed by atoms with Crippen molar-refractivity contribution in [3.05, 3.63) is 58.6 Å². The van der Waals surface area contributed by atoms with Gasteiger partial charge in [-0.3, -0.25) is 14.9 Å². The van der Waals surface area contributed by atoms with Crippen molar-refractivity contribution < 1.29 is 22.4 Å². The van der Waals surface area contributed by atoms with Crippen molar-refractivity contribution in [1.82, 2.24) is 15.2 Å². The zero-order valence-corrected chi connectivity index (χ0v) is 13.6. The van der Waals surface area contributed by atoms with Gasteiger partial charge in [0.25, 0.3) is 5.91 Å². The number of hydrogen-bond acceptors (Lipinski definition) is 3. The zero-order chi connectivity index (χ0) is 19.0. The van der Waals surface area contributed by atoms with Crippen molar-refractivity contribution in [3.8, 4) is 0 Å². The molecule has 0 spiro atoms. The number of nitrogens with one attached hydrogen (secondary N) is 2. The number of H-pyrrole nitrogens is 1. The van der Waals surface area contributed by atoms with Crippen LogP contribution in [0.25, 0.3) is 17.0 Å². The lowest BCUT2D eigenvalue weighted by atomic mass is 10.1. The largest absolute Gasteiger partial charge is 0.318 e. The molecule has 0 aliphatic carbocycles. The Morgan fingerprint density at radius 1 is 1.23 bits per heavy atom. The van der Waals surface area contributed by atoms with Gasteiger partial charge in [-0.25, -0.2) is 13.2 Å². The first-order valence-electron chi connectivity index (χ1n) is 7.42. The predicted molar refractivity (Wildman–Crippen MR) is 87.4 cm³/mol. The van der Waals surface area contributed by atoms with Crippen LogP contribution in [0.2, 0.25) is 0 Å². The van der Waals surface area contributed by atoms with Gasteiger partial charge in [-0.05, 0) is 26.0 Å². The molecule has 0 aliphatic rings. The molecular weight excluding hydrogens is 352 g/mol. The van der Waals surface area contributed by atoms with Crippen LogP contribution >= 0.6 is 0 Å². The summed E-state index contributed by atoms with van der Waals surface area (Å²) in [7, 11) is 0. The van der Waals surface area contributed by atoms with Gasteiger partial charge in [0.05, 0.1) is 23.0 Å². The SMILES string of the molecule is Cc1ncc(F)c(C)c1NC(=O)/C(F)=C/c1ccc2c(F)[nH]nc2c1F. The van der Waals surface area contributed by atoms with Crippen LogP contribution in [0.4, 0.5) is 23.2 Å². The third-order valence-electron chi connectivity index (χ3n) is 3.85. The van der Waals surface area contributed by atoms with Gasteiger partial charge in [0, 0.05) is 11.1 Å². The monoisotopic (exact) mass is 364 g/mol. The Bertz CT molecular complexity index is 1060. The van der Waals surface area contributed by atoms with Crippen molar-refractivity contribution in [2.75, 3.05) is 5.32 Å². The lowest BCUT2D eigenvalue weighted by Gasteiger charge is -2.10. The minimum Gasteiger partial charge on any atom is -0.318 e. The topological polar surface area (TPSA) is 70.7 Å². The van der Waals surface area contributed by atoms with Crippen molar-refractivity contribution in [3.63, 3.8) is 0 Å². The number of carbonyl (C=O) groups excluding carboxylic acids is 1. The first kappa shape index (κ1) is 17.6. The van der Waals surface area contributed by atoms with E-state index in [9.17, 15) is 22.4 Å². The van der Waals surface area contributed by atoms with Crippen LogP contribution in [0.5, 0.6) is 0 Å². The number of aromatic amines is 1. The Morgan fingerprint density at radius 3 is 2.69 bits per heavy atom. The molecule has 0 saturated heterocycles. The summed E-state index contributed by atoms with van der Waals surface area (Å²) in [6.45, 7) is 2.92. The molecule has 26 heavy (non-hydrogen) atoms. The highest BCUT2D eigenvalue weighted by Crippen LogP contribution is 2.24. The number of halogens is 4. The van der Waals surface area contributed by atoms with E-state index in [2.05, 4.69) is 15.4 Å². The van der Waals surface area contributed by atoms with E-state index in [1.54, 1.807) is 0 Å². The Hall–Kier alpha value is -3.23. The second-order valence-electron chi connectivity index (χ2n) is 5.54. The van der Waals surface area contributed by atoms with Crippen molar-refractivity contribution in [1.29, 1.82) is 0 Å². The summed E-state index contributed by atoms with van der Waals surface area (Å²) in [5.74, 6) is -4.98. The maximum absolute atomic E-state index is 14.3. The van der Waals surface area contributed by atoms with Gasteiger partial charge in [0.15, 0.2) is 11.6 Å². The maximum Gasteiger partial charge on any atom is 0.284 e. The highest BCUT2D eigenvalue weighted by Gasteiger charge is 2.17. The Morgan fingerprint density at radius 2 is 1.96 bits per heavy atom. The first-order valence-corrected chi connectivity index (χ1v) is 7.42. The lowest BCUT2D eigenvalue weighted by Crippen LogP contribution is -2.15. The van der Waals surface area contributed by atoms with Crippen LogP contribution in [0, 0.1) is 31.4 Å². The molecule has 0 bridgehead atoms. The number of fused-ring (bicyclic) bond motifs is 1. The summed E-state index contributed by atoms with van der Waals surface area (Å²) in [4.78, 5) is 15.8. The molecule has 1 amide bonds. The van der Waals surface area contributed by atoms with E-state index in [1.165, 1.54) is 19.9 Å². The van der Waals surface area contributed by atoms with Gasteiger partial charge >= 0.3 is 0 Å². The number of aromatic nitrogens is 3. The number of benzene rings is 1. The molecule has 0 fully saturated rings. The van der Waals surface area contributed by atoms with Crippen molar-refractivity contribution in [2.24, 2.45) is 0 Å². The number of hydrogen-bond donors (Lipinski definition) is 2. The molecule has 3 aromatic rings. The van der Waals surface area contributed by atoms with Crippen molar-refractivity contribution in [2.45, 2.75) is 13.8 Å². The third-order valence-corrected chi connectivity index (χ3v) is 3.85. The fourth-order valence-electron chi connectivity index (χ4n) is 2.41. The molecule has 5 nitrogen and oxygen atoms in total. The quantitative estimate of drug-likeness (QED) is 0.546. The summed E-state index contributed by atoms with van der Waals surface area (Å²) in [6.07, 6.45) is 1.63. The number of carbonyl (C=O) groups is 1. The lowest BCUT2D eigenvalue weighted by molar-refractivity contribution is -0.114. The molecule has 0 saturated carbocycles. The van der Waals surface area contributed by atoms with Gasteiger partial charge in [-0.1, -0.05) is 6.07 Å². The van der Waals surface area contributed by atoms with E-state index in [1.807, 2.05) is 5.10 Å². The average Bonchev–Trinajstić information content (AvgIpc) is 2.99. The smallest absolute Gasteiger partial charge is 0.284 e. The highest BCUT2D eigenvalue weighted by molar-refractivity contribution is 6.05. The molecule has 9 heteroatoms. The molecule has 0 aliphatic heterocycles. The third kappa shape index (κ3) is 3.03. The molecule has 3 rings (SSSR count). The maximum atomic E-state index is 14.3. The fourth-order valence-corrected chi connectivity index (χ4v) is 2.41. The number of anilines is 1. The van der Waals surface area contributed by atoms with E-state index in [0.29, 0.717) is 11.8 Å². The molecule has 2 aromatic heterocycles. The second-order valence-corrected chi connectivity index (χ2v) is 5.54. The van der Waals surface area contributed by atoms with Gasteiger partial charge < -0.3 is 5.32 Å². The number of rotatable bonds is 3. The molecule has 0 unspecified atom stereocenters. The Kier molecular flexibility index (Phi) is 4.45. The predicted octanol–water partition coefficient (Wildman–Crippen LogP) is 3.94. The minimum absolute atomic E-state index is 0.0313. The highest BCUT2D eigenvalue weighted by atomic mass is 19.1. The normalized spacial score (nSPS) is 11.8. The molecule has 1 aromatic carbocycles. The summed E-state index contributed by atoms with van der Waals surface area (Å²) < 4.78 is 55.3. The average molecular weight is 364 g/mol. The number of aryl methyl sites for hydroxylation is 1. The summed E-state index contributed by atoms with van der Waals surface area (Å²) in [6, 6.07) is 2.32. The molecule has 0 atom stereocenters. The first-order chi connectivity index (χ1) is 12.3. The van der Waals surface area contributed by atoms with Crippen LogP contribution in [0.1, 0.15) is 16.8 Å². The van der Waals surface area contributed by atoms with Crippen LogP contribution < -0.4 is 5.32 Å². The van der Waals surface area contributed by atoms with E-state index in [0.717, 1.165) is 12.3 Å². The number of nitrogens with zero attached hydrogens (tertiary/aromatic N) is 2. The van der Waals surface area contributed by atoms with Gasteiger partial charge in [-0.15, -0.1) is 0 Å². The van der Waals surface area contributed by atoms with E-state index in [4.69, 9.17) is 0 Å². The van der Waals surface area contributed by atoms with Gasteiger partial charge in [0.1, 0.15) is 11.3 Å². The van der Waals surface area contributed by atoms with Crippen LogP contribution in [-0.4, -0.2) is 21.1 Å². The van der Waals surface area contributed by atoms with Gasteiger partial charge in [0.2, 0.25) is 5.95 Å². The standard InChI is InChI=1S/C17H12F4N4O/c1-7-12(19)6-22-8(2)14(7)23-17(26)11(18)5-9-3-4-10-15(13(9)20)24-25-16(10)21/h3-6H,1-2H3,(H,23,26)(H,24,25)/b11-5-. The molecule has 2 heterocycles. The van der Waals surface area contributed by atoms with Crippen molar-refractivity contribution >= 4 is 28.6 Å². The van der Waals surface area contributed by atoms with E-state index >= 15 is 0 Å². The summed E-state index contributed by atoms with van der Waals surface area (Å²) >= 11 is 0. The van der Waals surface area contributed by atoms with E-state index in [-0.39, 0.29) is 27.7 Å². The fraction of sp³-hybridized carbons (Fsp3) is 0.118. The summed E-state index contributed by atoms with van der Waals surface area (Å²) in [5.41, 5.74) is -0.181. The van der Waals surface area contributed by atoms with Gasteiger partial charge in [-0.2, -0.15) is 9.49 Å². The molecule has 2 N–H and O–H groups in total. The summed E-state index contributed by atoms with van der Waals surface area (Å²) in [5, 5.41) is 7.55. The molecular formula is C17H12F4N4O. The number of amides is 1. The zero-order valence-electron chi connectivity index (χ0n) is 13.6. The minimum atomic E-state index is -1.32. The van der Waals surface area contributed by atoms with Crippen LogP contribution in [0.3, 0.4) is 0 Å².